The first-order valence-corrected chi connectivity index (χ1v) is 5.00. The Balaban J connectivity index is 2.64. The number of hydrogen-bond donors (Lipinski definition) is 3. The fourth-order valence-electron chi connectivity index (χ4n) is 1.22. The number of anilines is 1. The van der Waals surface area contributed by atoms with Crippen LogP contribution in [0.5, 0.6) is 0 Å². The maximum absolute atomic E-state index is 11.7. The van der Waals surface area contributed by atoms with E-state index in [1.54, 1.807) is 12.1 Å². The van der Waals surface area contributed by atoms with Gasteiger partial charge in [0.1, 0.15) is 6.54 Å². The van der Waals surface area contributed by atoms with Gasteiger partial charge < -0.3 is 15.4 Å². The molecule has 0 saturated heterocycles. The lowest BCUT2D eigenvalue weighted by Crippen LogP contribution is -3.07. The van der Waals surface area contributed by atoms with Gasteiger partial charge in [-0.2, -0.15) is 0 Å². The Kier molecular flexibility index (Phi) is 4.47. The highest BCUT2D eigenvalue weighted by Crippen LogP contribution is 2.04. The summed E-state index contributed by atoms with van der Waals surface area (Å²) >= 11 is 0. The van der Waals surface area contributed by atoms with E-state index in [-0.39, 0.29) is 11.6 Å². The van der Waals surface area contributed by atoms with Gasteiger partial charge in [0.2, 0.25) is 0 Å². The van der Waals surface area contributed by atoms with Gasteiger partial charge in [-0.25, -0.2) is 0 Å². The van der Waals surface area contributed by atoms with Gasteiger partial charge in [-0.3, -0.25) is 4.79 Å². The molecule has 0 spiro atoms. The molecular formula is C11H16N3O2+. The minimum absolute atomic E-state index is 0.115. The van der Waals surface area contributed by atoms with E-state index in [4.69, 9.17) is 5.21 Å². The zero-order chi connectivity index (χ0) is 12.0. The second kappa shape index (κ2) is 5.87. The summed E-state index contributed by atoms with van der Waals surface area (Å²) in [6.45, 7) is 0.370. The number of carbonyl (C=O) groups excluding carboxylic acids is 1. The molecule has 16 heavy (non-hydrogen) atoms. The number of rotatable bonds is 4. The Morgan fingerprint density at radius 2 is 2.00 bits per heavy atom. The first-order valence-electron chi connectivity index (χ1n) is 5.00. The molecule has 0 aromatic heterocycles. The Morgan fingerprint density at radius 3 is 2.50 bits per heavy atom. The molecule has 0 aliphatic rings. The average Bonchev–Trinajstić information content (AvgIpc) is 2.26. The van der Waals surface area contributed by atoms with Crippen LogP contribution in [0.3, 0.4) is 0 Å². The van der Waals surface area contributed by atoms with Crippen molar-refractivity contribution in [2.75, 3.05) is 26.0 Å². The van der Waals surface area contributed by atoms with Crippen LogP contribution in [0.4, 0.5) is 5.69 Å². The largest absolute Gasteiger partial charge is 0.410 e. The smallest absolute Gasteiger partial charge is 0.279 e. The summed E-state index contributed by atoms with van der Waals surface area (Å²) in [4.78, 5) is 12.7. The molecule has 3 N–H and O–H groups in total. The molecule has 0 saturated carbocycles. The van der Waals surface area contributed by atoms with Crippen LogP contribution in [-0.2, 0) is 4.79 Å². The first kappa shape index (κ1) is 12.2. The lowest BCUT2D eigenvalue weighted by molar-refractivity contribution is -0.848. The third-order valence-electron chi connectivity index (χ3n) is 1.94. The van der Waals surface area contributed by atoms with Gasteiger partial charge in [-0.15, -0.1) is 0 Å². The van der Waals surface area contributed by atoms with Crippen molar-refractivity contribution in [2.45, 2.75) is 0 Å². The second-order valence-electron chi connectivity index (χ2n) is 3.75. The van der Waals surface area contributed by atoms with Crippen LogP contribution in [0, 0.1) is 0 Å². The lowest BCUT2D eigenvalue weighted by atomic mass is 10.3. The number of amides is 1. The summed E-state index contributed by atoms with van der Waals surface area (Å²) in [5.74, 6) is -0.380. The number of carbonyl (C=O) groups is 1. The molecule has 0 heterocycles. The normalized spacial score (nSPS) is 11.6. The van der Waals surface area contributed by atoms with Gasteiger partial charge in [0.25, 0.3) is 5.91 Å². The maximum atomic E-state index is 11.7. The number of nitrogens with one attached hydrogen (secondary N) is 2. The fourth-order valence-corrected chi connectivity index (χ4v) is 1.22. The van der Waals surface area contributed by atoms with Crippen molar-refractivity contribution >= 4 is 17.3 Å². The van der Waals surface area contributed by atoms with Crippen molar-refractivity contribution in [3.8, 4) is 0 Å². The van der Waals surface area contributed by atoms with Crippen LogP contribution in [0.1, 0.15) is 0 Å². The standard InChI is InChI=1S/C11H15N3O2/c1-14(2)8-10(13-16)11(15)12-9-6-4-3-5-7-9/h3-7,16H,8H2,1-2H3,(H,12,15)/p+1. The second-order valence-corrected chi connectivity index (χ2v) is 3.75. The van der Waals surface area contributed by atoms with Crippen molar-refractivity contribution in [3.63, 3.8) is 0 Å². The molecule has 0 radical (unpaired) electrons. The molecular weight excluding hydrogens is 206 g/mol. The summed E-state index contributed by atoms with van der Waals surface area (Å²) in [6.07, 6.45) is 0. The lowest BCUT2D eigenvalue weighted by Gasteiger charge is -2.09. The minimum Gasteiger partial charge on any atom is -0.410 e. The molecule has 0 aliphatic heterocycles. The highest BCUT2D eigenvalue weighted by atomic mass is 16.4. The number of quaternary nitrogens is 1. The van der Waals surface area contributed by atoms with E-state index in [0.717, 1.165) is 4.90 Å². The van der Waals surface area contributed by atoms with Gasteiger partial charge in [-0.05, 0) is 12.1 Å². The molecule has 5 heteroatoms. The van der Waals surface area contributed by atoms with Crippen molar-refractivity contribution in [3.05, 3.63) is 30.3 Å². The average molecular weight is 222 g/mol. The SMILES string of the molecule is C[NH+](C)CC(=NO)C(=O)Nc1ccccc1. The van der Waals surface area contributed by atoms with Crippen LogP contribution in [-0.4, -0.2) is 37.5 Å². The van der Waals surface area contributed by atoms with Crippen LogP contribution < -0.4 is 10.2 Å². The Hall–Kier alpha value is -1.88. The Labute approximate surface area is 94.4 Å². The molecule has 1 rings (SSSR count). The van der Waals surface area contributed by atoms with Gasteiger partial charge in [0, 0.05) is 5.69 Å². The topological polar surface area (TPSA) is 66.1 Å². The third-order valence-corrected chi connectivity index (χ3v) is 1.94. The van der Waals surface area contributed by atoms with E-state index in [9.17, 15) is 4.79 Å². The van der Waals surface area contributed by atoms with E-state index < -0.39 is 0 Å². The monoisotopic (exact) mass is 222 g/mol. The zero-order valence-corrected chi connectivity index (χ0v) is 9.40. The summed E-state index contributed by atoms with van der Waals surface area (Å²) in [6, 6.07) is 9.05. The molecule has 1 aromatic rings. The van der Waals surface area contributed by atoms with Gasteiger partial charge in [-0.1, -0.05) is 23.4 Å². The summed E-state index contributed by atoms with van der Waals surface area (Å²) < 4.78 is 0. The van der Waals surface area contributed by atoms with E-state index in [0.29, 0.717) is 12.2 Å². The zero-order valence-electron chi connectivity index (χ0n) is 9.40. The summed E-state index contributed by atoms with van der Waals surface area (Å²) in [5, 5.41) is 14.4. The maximum Gasteiger partial charge on any atom is 0.279 e. The number of benzene rings is 1. The Bertz CT molecular complexity index is 374. The first-order chi connectivity index (χ1) is 7.63. The van der Waals surface area contributed by atoms with Crippen molar-refractivity contribution in [1.29, 1.82) is 0 Å². The molecule has 0 atom stereocenters. The van der Waals surface area contributed by atoms with Crippen LogP contribution >= 0.6 is 0 Å². The van der Waals surface area contributed by atoms with Crippen molar-refractivity contribution in [2.24, 2.45) is 5.16 Å². The third kappa shape index (κ3) is 3.70. The van der Waals surface area contributed by atoms with Crippen molar-refractivity contribution < 1.29 is 14.9 Å². The number of para-hydroxylation sites is 1. The van der Waals surface area contributed by atoms with E-state index >= 15 is 0 Å². The van der Waals surface area contributed by atoms with Crippen molar-refractivity contribution in [1.82, 2.24) is 0 Å². The highest BCUT2D eigenvalue weighted by molar-refractivity contribution is 6.43. The highest BCUT2D eigenvalue weighted by Gasteiger charge is 2.15. The predicted molar refractivity (Wildman–Crippen MR) is 62.0 cm³/mol. The van der Waals surface area contributed by atoms with Crippen LogP contribution in [0.2, 0.25) is 0 Å². The minimum atomic E-state index is -0.380. The van der Waals surface area contributed by atoms with Gasteiger partial charge >= 0.3 is 0 Å². The quantitative estimate of drug-likeness (QED) is 0.369. The van der Waals surface area contributed by atoms with Crippen LogP contribution in [0.25, 0.3) is 0 Å². The van der Waals surface area contributed by atoms with E-state index in [2.05, 4.69) is 10.5 Å². The summed E-state index contributed by atoms with van der Waals surface area (Å²) in [5.41, 5.74) is 0.797. The molecule has 0 fully saturated rings. The molecule has 0 unspecified atom stereocenters. The molecule has 1 amide bonds. The molecule has 86 valence electrons. The number of nitrogens with zero attached hydrogens (tertiary/aromatic N) is 1. The molecule has 1 aromatic carbocycles. The summed E-state index contributed by atoms with van der Waals surface area (Å²) in [7, 11) is 3.75. The molecule has 0 bridgehead atoms. The van der Waals surface area contributed by atoms with Gasteiger partial charge in [0.05, 0.1) is 14.1 Å². The van der Waals surface area contributed by atoms with Crippen LogP contribution in [0.15, 0.2) is 35.5 Å². The molecule has 5 nitrogen and oxygen atoms in total. The van der Waals surface area contributed by atoms with E-state index in [1.807, 2.05) is 32.3 Å². The number of hydrogen-bond acceptors (Lipinski definition) is 3. The molecule has 0 aliphatic carbocycles. The fraction of sp³-hybridized carbons (Fsp3) is 0.273. The Morgan fingerprint density at radius 1 is 1.38 bits per heavy atom. The number of oxime groups is 1. The predicted octanol–water partition coefficient (Wildman–Crippen LogP) is -0.400. The van der Waals surface area contributed by atoms with E-state index in [1.165, 1.54) is 0 Å². The van der Waals surface area contributed by atoms with Gasteiger partial charge in [0.15, 0.2) is 5.71 Å².